The maximum Gasteiger partial charge on any atom is 0.231 e. The van der Waals surface area contributed by atoms with E-state index in [-0.39, 0.29) is 5.38 Å². The molecule has 0 saturated carbocycles. The Balaban J connectivity index is 2.17. The molecular formula is C9H7ClO2. The molecule has 3 rings (SSSR count). The van der Waals surface area contributed by atoms with Gasteiger partial charge in [-0.2, -0.15) is 0 Å². The lowest BCUT2D eigenvalue weighted by atomic mass is 9.87. The van der Waals surface area contributed by atoms with E-state index in [9.17, 15) is 0 Å². The molecule has 0 N–H and O–H groups in total. The molecule has 0 spiro atoms. The molecule has 0 saturated heterocycles. The minimum Gasteiger partial charge on any atom is -0.454 e. The second-order valence-electron chi connectivity index (χ2n) is 3.08. The summed E-state index contributed by atoms with van der Waals surface area (Å²) < 4.78 is 10.5. The van der Waals surface area contributed by atoms with E-state index in [1.165, 1.54) is 11.1 Å². The Morgan fingerprint density at radius 2 is 2.00 bits per heavy atom. The Hall–Kier alpha value is -0.890. The SMILES string of the molecule is Cl[C@@H]1Cc2cc3c(cc21)OCO3. The molecule has 0 bridgehead atoms. The fourth-order valence-electron chi connectivity index (χ4n) is 1.64. The third-order valence-corrected chi connectivity index (χ3v) is 2.76. The fourth-order valence-corrected chi connectivity index (χ4v) is 2.01. The van der Waals surface area contributed by atoms with Gasteiger partial charge in [-0.15, -0.1) is 11.6 Å². The molecule has 1 aliphatic carbocycles. The van der Waals surface area contributed by atoms with Gasteiger partial charge in [-0.1, -0.05) is 0 Å². The zero-order chi connectivity index (χ0) is 8.13. The van der Waals surface area contributed by atoms with Crippen molar-refractivity contribution in [3.05, 3.63) is 23.3 Å². The van der Waals surface area contributed by atoms with Gasteiger partial charge in [0.15, 0.2) is 11.5 Å². The van der Waals surface area contributed by atoms with Crippen LogP contribution in [-0.4, -0.2) is 6.79 Å². The van der Waals surface area contributed by atoms with Gasteiger partial charge in [0.25, 0.3) is 0 Å². The summed E-state index contributed by atoms with van der Waals surface area (Å²) in [6.45, 7) is 0.338. The van der Waals surface area contributed by atoms with E-state index in [0.29, 0.717) is 6.79 Å². The predicted molar refractivity (Wildman–Crippen MR) is 44.9 cm³/mol. The molecule has 0 fully saturated rings. The van der Waals surface area contributed by atoms with Crippen LogP contribution in [0.2, 0.25) is 0 Å². The molecule has 62 valence electrons. The molecule has 1 heterocycles. The van der Waals surface area contributed by atoms with E-state index < -0.39 is 0 Å². The molecule has 12 heavy (non-hydrogen) atoms. The highest BCUT2D eigenvalue weighted by molar-refractivity contribution is 6.22. The molecule has 0 amide bonds. The maximum atomic E-state index is 5.98. The average molecular weight is 183 g/mol. The summed E-state index contributed by atoms with van der Waals surface area (Å²) >= 11 is 5.98. The predicted octanol–water partition coefficient (Wildman–Crippen LogP) is 2.25. The fraction of sp³-hybridized carbons (Fsp3) is 0.333. The third-order valence-electron chi connectivity index (χ3n) is 2.37. The van der Waals surface area contributed by atoms with Crippen molar-refractivity contribution in [1.29, 1.82) is 0 Å². The topological polar surface area (TPSA) is 18.5 Å². The Kier molecular flexibility index (Phi) is 1.14. The van der Waals surface area contributed by atoms with Crippen LogP contribution in [0.5, 0.6) is 11.5 Å². The van der Waals surface area contributed by atoms with Gasteiger partial charge in [0.2, 0.25) is 6.79 Å². The highest BCUT2D eigenvalue weighted by Crippen LogP contribution is 2.45. The number of halogens is 1. The second-order valence-corrected chi connectivity index (χ2v) is 3.60. The molecule has 0 unspecified atom stereocenters. The van der Waals surface area contributed by atoms with Gasteiger partial charge in [0, 0.05) is 0 Å². The first-order valence-electron chi connectivity index (χ1n) is 3.91. The van der Waals surface area contributed by atoms with Gasteiger partial charge < -0.3 is 9.47 Å². The van der Waals surface area contributed by atoms with Gasteiger partial charge in [0.1, 0.15) is 0 Å². The van der Waals surface area contributed by atoms with Crippen LogP contribution in [0.3, 0.4) is 0 Å². The van der Waals surface area contributed by atoms with E-state index in [4.69, 9.17) is 21.1 Å². The Morgan fingerprint density at radius 3 is 2.75 bits per heavy atom. The van der Waals surface area contributed by atoms with Crippen molar-refractivity contribution in [1.82, 2.24) is 0 Å². The number of hydrogen-bond donors (Lipinski definition) is 0. The van der Waals surface area contributed by atoms with Crippen molar-refractivity contribution >= 4 is 11.6 Å². The number of benzene rings is 1. The monoisotopic (exact) mass is 182 g/mol. The summed E-state index contributed by atoms with van der Waals surface area (Å²) in [6, 6.07) is 4.01. The first-order chi connectivity index (χ1) is 5.84. The molecule has 2 nitrogen and oxygen atoms in total. The molecule has 2 aliphatic rings. The lowest BCUT2D eigenvalue weighted by molar-refractivity contribution is 0.174. The van der Waals surface area contributed by atoms with Crippen molar-refractivity contribution in [2.24, 2.45) is 0 Å². The van der Waals surface area contributed by atoms with Crippen LogP contribution in [0.15, 0.2) is 12.1 Å². The summed E-state index contributed by atoms with van der Waals surface area (Å²) in [4.78, 5) is 0. The Bertz CT molecular complexity index is 348. The van der Waals surface area contributed by atoms with E-state index in [1.54, 1.807) is 0 Å². The Morgan fingerprint density at radius 1 is 1.25 bits per heavy atom. The summed E-state index contributed by atoms with van der Waals surface area (Å²) in [5.74, 6) is 1.69. The van der Waals surface area contributed by atoms with E-state index in [0.717, 1.165) is 17.9 Å². The van der Waals surface area contributed by atoms with Crippen LogP contribution in [0.25, 0.3) is 0 Å². The van der Waals surface area contributed by atoms with Crippen LogP contribution < -0.4 is 9.47 Å². The second kappa shape index (κ2) is 2.07. The summed E-state index contributed by atoms with van der Waals surface area (Å²) in [6.07, 6.45) is 0.952. The normalized spacial score (nSPS) is 23.2. The molecule has 0 radical (unpaired) electrons. The van der Waals surface area contributed by atoms with Crippen LogP contribution in [0, 0.1) is 0 Å². The van der Waals surface area contributed by atoms with E-state index in [2.05, 4.69) is 0 Å². The molecule has 1 aliphatic heterocycles. The highest BCUT2D eigenvalue weighted by atomic mass is 35.5. The average Bonchev–Trinajstić information content (AvgIpc) is 2.49. The molecule has 0 aromatic heterocycles. The van der Waals surface area contributed by atoms with Gasteiger partial charge in [-0.05, 0) is 29.7 Å². The standard InChI is InChI=1S/C9H7ClO2/c10-7-1-5-2-8-9(3-6(5)7)12-4-11-8/h2-3,7H,1,4H2/t7-/m1/s1. The third kappa shape index (κ3) is 0.707. The van der Waals surface area contributed by atoms with Crippen LogP contribution >= 0.6 is 11.6 Å². The Labute approximate surface area is 75.0 Å². The molecule has 1 aromatic carbocycles. The number of hydrogen-bond acceptors (Lipinski definition) is 2. The van der Waals surface area contributed by atoms with Crippen molar-refractivity contribution in [2.75, 3.05) is 6.79 Å². The maximum absolute atomic E-state index is 5.98. The highest BCUT2D eigenvalue weighted by Gasteiger charge is 2.28. The van der Waals surface area contributed by atoms with Gasteiger partial charge in [-0.25, -0.2) is 0 Å². The summed E-state index contributed by atoms with van der Waals surface area (Å²) in [5, 5.41) is 0.175. The number of rotatable bonds is 0. The number of alkyl halides is 1. The van der Waals surface area contributed by atoms with Gasteiger partial charge in [-0.3, -0.25) is 0 Å². The van der Waals surface area contributed by atoms with E-state index >= 15 is 0 Å². The van der Waals surface area contributed by atoms with Crippen LogP contribution in [0.4, 0.5) is 0 Å². The zero-order valence-electron chi connectivity index (χ0n) is 6.34. The van der Waals surface area contributed by atoms with Crippen molar-refractivity contribution in [2.45, 2.75) is 11.8 Å². The lowest BCUT2D eigenvalue weighted by Gasteiger charge is -2.24. The van der Waals surface area contributed by atoms with Crippen LogP contribution in [0.1, 0.15) is 16.5 Å². The minimum atomic E-state index is 0.175. The summed E-state index contributed by atoms with van der Waals surface area (Å²) in [5.41, 5.74) is 2.49. The number of ether oxygens (including phenoxy) is 2. The number of fused-ring (bicyclic) bond motifs is 2. The largest absolute Gasteiger partial charge is 0.454 e. The minimum absolute atomic E-state index is 0.175. The molecule has 1 aromatic rings. The quantitative estimate of drug-likeness (QED) is 0.573. The first kappa shape index (κ1) is 6.61. The van der Waals surface area contributed by atoms with Crippen LogP contribution in [-0.2, 0) is 6.42 Å². The lowest BCUT2D eigenvalue weighted by Crippen LogP contribution is -2.11. The summed E-state index contributed by atoms with van der Waals surface area (Å²) in [7, 11) is 0. The van der Waals surface area contributed by atoms with E-state index in [1.807, 2.05) is 12.1 Å². The van der Waals surface area contributed by atoms with Crippen molar-refractivity contribution < 1.29 is 9.47 Å². The molecule has 1 atom stereocenters. The molecular weight excluding hydrogens is 176 g/mol. The van der Waals surface area contributed by atoms with Crippen molar-refractivity contribution in [3.63, 3.8) is 0 Å². The van der Waals surface area contributed by atoms with Crippen molar-refractivity contribution in [3.8, 4) is 11.5 Å². The molecule has 3 heteroatoms. The zero-order valence-corrected chi connectivity index (χ0v) is 7.10. The van der Waals surface area contributed by atoms with Gasteiger partial charge >= 0.3 is 0 Å². The smallest absolute Gasteiger partial charge is 0.231 e. The first-order valence-corrected chi connectivity index (χ1v) is 4.35. The van der Waals surface area contributed by atoms with Gasteiger partial charge in [0.05, 0.1) is 5.38 Å².